The highest BCUT2D eigenvalue weighted by atomic mass is 35.5. The Morgan fingerprint density at radius 1 is 1.41 bits per heavy atom. The molecule has 5 nitrogen and oxygen atoms in total. The third-order valence-electron chi connectivity index (χ3n) is 1.68. The number of carbonyl (C=O) groups is 1. The first kappa shape index (κ1) is 16.5. The van der Waals surface area contributed by atoms with E-state index in [2.05, 4.69) is 4.74 Å². The van der Waals surface area contributed by atoms with Crippen molar-refractivity contribution >= 4 is 27.6 Å². The summed E-state index contributed by atoms with van der Waals surface area (Å²) in [5, 5.41) is -0.982. The Labute approximate surface area is 102 Å². The standard InChI is InChI=1S/C7H11ClF3NO4S/c1-16-6(13)2-3-12(4-7(9,10)11)17(14,15)5-8/h2-5H2,1H3. The van der Waals surface area contributed by atoms with Crippen molar-refractivity contribution in [1.82, 2.24) is 4.31 Å². The zero-order chi connectivity index (χ0) is 13.7. The largest absolute Gasteiger partial charge is 0.469 e. The van der Waals surface area contributed by atoms with Gasteiger partial charge in [-0.25, -0.2) is 8.42 Å². The quantitative estimate of drug-likeness (QED) is 0.541. The Hall–Kier alpha value is -0.540. The number of alkyl halides is 4. The molecule has 0 aliphatic carbocycles. The number of ether oxygens (including phenoxy) is 1. The average molecular weight is 298 g/mol. The maximum atomic E-state index is 12.1. The Bertz CT molecular complexity index is 357. The summed E-state index contributed by atoms with van der Waals surface area (Å²) in [5.74, 6) is -0.804. The molecule has 0 amide bonds. The molecule has 10 heteroatoms. The lowest BCUT2D eigenvalue weighted by atomic mass is 10.4. The van der Waals surface area contributed by atoms with Crippen LogP contribution in [0.2, 0.25) is 0 Å². The van der Waals surface area contributed by atoms with Crippen LogP contribution in [0.4, 0.5) is 13.2 Å². The lowest BCUT2D eigenvalue weighted by Crippen LogP contribution is -2.40. The molecule has 0 radical (unpaired) electrons. The van der Waals surface area contributed by atoms with Gasteiger partial charge in [-0.3, -0.25) is 4.79 Å². The monoisotopic (exact) mass is 297 g/mol. The van der Waals surface area contributed by atoms with Crippen LogP contribution in [0.3, 0.4) is 0 Å². The Morgan fingerprint density at radius 3 is 2.29 bits per heavy atom. The van der Waals surface area contributed by atoms with E-state index in [4.69, 9.17) is 11.6 Å². The van der Waals surface area contributed by atoms with E-state index in [-0.39, 0.29) is 4.31 Å². The summed E-state index contributed by atoms with van der Waals surface area (Å²) in [4.78, 5) is 10.7. The number of sulfonamides is 1. The molecule has 0 N–H and O–H groups in total. The zero-order valence-electron chi connectivity index (χ0n) is 8.83. The van der Waals surface area contributed by atoms with Gasteiger partial charge in [-0.05, 0) is 0 Å². The van der Waals surface area contributed by atoms with E-state index in [1.54, 1.807) is 0 Å². The van der Waals surface area contributed by atoms with Crippen LogP contribution in [-0.4, -0.2) is 50.3 Å². The van der Waals surface area contributed by atoms with Crippen molar-refractivity contribution in [2.45, 2.75) is 12.6 Å². The molecule has 0 fully saturated rings. The number of methoxy groups -OCH3 is 1. The molecule has 0 aromatic rings. The molecule has 0 aromatic heterocycles. The van der Waals surface area contributed by atoms with Crippen molar-refractivity contribution < 1.29 is 31.1 Å². The van der Waals surface area contributed by atoms with Crippen molar-refractivity contribution in [2.24, 2.45) is 0 Å². The molecular weight excluding hydrogens is 287 g/mol. The summed E-state index contributed by atoms with van der Waals surface area (Å²) in [6.45, 7) is -2.31. The van der Waals surface area contributed by atoms with Crippen molar-refractivity contribution in [3.8, 4) is 0 Å². The third kappa shape index (κ3) is 6.69. The van der Waals surface area contributed by atoms with E-state index < -0.39 is 46.9 Å². The predicted octanol–water partition coefficient (Wildman–Crippen LogP) is 0.940. The van der Waals surface area contributed by atoms with Crippen LogP contribution in [0, 0.1) is 0 Å². The smallest absolute Gasteiger partial charge is 0.402 e. The molecule has 0 saturated carbocycles. The highest BCUT2D eigenvalue weighted by Gasteiger charge is 2.36. The molecule has 0 aliphatic heterocycles. The Balaban J connectivity index is 4.70. The first-order valence-corrected chi connectivity index (χ1v) is 6.44. The van der Waals surface area contributed by atoms with Crippen molar-refractivity contribution in [1.29, 1.82) is 0 Å². The van der Waals surface area contributed by atoms with Gasteiger partial charge >= 0.3 is 12.1 Å². The van der Waals surface area contributed by atoms with Crippen molar-refractivity contribution in [3.05, 3.63) is 0 Å². The Kier molecular flexibility index (Phi) is 6.20. The van der Waals surface area contributed by atoms with Crippen molar-refractivity contribution in [2.75, 3.05) is 25.4 Å². The number of halogens is 4. The molecular formula is C7H11ClF3NO4S. The highest BCUT2D eigenvalue weighted by molar-refractivity contribution is 7.90. The normalized spacial score (nSPS) is 12.8. The van der Waals surface area contributed by atoms with Gasteiger partial charge in [0.2, 0.25) is 10.0 Å². The number of rotatable bonds is 6. The predicted molar refractivity (Wildman–Crippen MR) is 53.9 cm³/mol. The number of esters is 1. The van der Waals surface area contributed by atoms with Gasteiger partial charge < -0.3 is 4.74 Å². The molecule has 0 bridgehead atoms. The van der Waals surface area contributed by atoms with Crippen LogP contribution in [0.5, 0.6) is 0 Å². The van der Waals surface area contributed by atoms with E-state index in [1.807, 2.05) is 0 Å². The first-order valence-electron chi connectivity index (χ1n) is 4.29. The van der Waals surface area contributed by atoms with Crippen LogP contribution in [0.1, 0.15) is 6.42 Å². The summed E-state index contributed by atoms with van der Waals surface area (Å²) in [6, 6.07) is 0. The third-order valence-corrected chi connectivity index (χ3v) is 3.88. The lowest BCUT2D eigenvalue weighted by molar-refractivity contribution is -0.144. The second-order valence-electron chi connectivity index (χ2n) is 3.00. The van der Waals surface area contributed by atoms with Gasteiger partial charge in [-0.15, -0.1) is 11.6 Å². The minimum Gasteiger partial charge on any atom is -0.469 e. The fourth-order valence-electron chi connectivity index (χ4n) is 0.904. The molecule has 0 rings (SSSR count). The molecule has 0 aromatic carbocycles. The van der Waals surface area contributed by atoms with E-state index in [9.17, 15) is 26.4 Å². The summed E-state index contributed by atoms with van der Waals surface area (Å²) in [7, 11) is -3.18. The Morgan fingerprint density at radius 2 is 1.94 bits per heavy atom. The van der Waals surface area contributed by atoms with E-state index >= 15 is 0 Å². The minimum absolute atomic E-state index is 0.108. The maximum Gasteiger partial charge on any atom is 0.402 e. The molecule has 0 aliphatic rings. The zero-order valence-corrected chi connectivity index (χ0v) is 10.4. The van der Waals surface area contributed by atoms with Crippen LogP contribution in [0.15, 0.2) is 0 Å². The van der Waals surface area contributed by atoms with Crippen LogP contribution >= 0.6 is 11.6 Å². The van der Waals surface area contributed by atoms with Crippen LogP contribution < -0.4 is 0 Å². The minimum atomic E-state index is -4.70. The maximum absolute atomic E-state index is 12.1. The van der Waals surface area contributed by atoms with Gasteiger partial charge in [0.15, 0.2) is 0 Å². The molecule has 0 heterocycles. The van der Waals surface area contributed by atoms with Crippen LogP contribution in [0.25, 0.3) is 0 Å². The number of carbonyl (C=O) groups excluding carboxylic acids is 1. The molecule has 102 valence electrons. The second-order valence-corrected chi connectivity index (χ2v) is 5.55. The summed E-state index contributed by atoms with van der Waals surface area (Å²) in [5.41, 5.74) is 0. The van der Waals surface area contributed by atoms with Gasteiger partial charge in [0.1, 0.15) is 11.8 Å². The highest BCUT2D eigenvalue weighted by Crippen LogP contribution is 2.19. The molecule has 0 atom stereocenters. The number of hydrogen-bond donors (Lipinski definition) is 0. The second kappa shape index (κ2) is 6.41. The van der Waals surface area contributed by atoms with Gasteiger partial charge in [-0.2, -0.15) is 17.5 Å². The van der Waals surface area contributed by atoms with Gasteiger partial charge in [0.05, 0.1) is 13.5 Å². The topological polar surface area (TPSA) is 63.7 Å². The fraction of sp³-hybridized carbons (Fsp3) is 0.857. The molecule has 0 unspecified atom stereocenters. The number of hydrogen-bond acceptors (Lipinski definition) is 4. The number of nitrogens with zero attached hydrogens (tertiary/aromatic N) is 1. The summed E-state index contributed by atoms with van der Waals surface area (Å²) in [6.07, 6.45) is -5.17. The van der Waals surface area contributed by atoms with Crippen molar-refractivity contribution in [3.63, 3.8) is 0 Å². The lowest BCUT2D eigenvalue weighted by Gasteiger charge is -2.21. The van der Waals surface area contributed by atoms with E-state index in [1.165, 1.54) is 0 Å². The van der Waals surface area contributed by atoms with Gasteiger partial charge in [0, 0.05) is 6.54 Å². The SMILES string of the molecule is COC(=O)CCN(CC(F)(F)F)S(=O)(=O)CCl. The van der Waals surface area contributed by atoms with Gasteiger partial charge in [-0.1, -0.05) is 0 Å². The van der Waals surface area contributed by atoms with E-state index in [0.29, 0.717) is 0 Å². The molecule has 17 heavy (non-hydrogen) atoms. The average Bonchev–Trinajstić information content (AvgIpc) is 2.21. The summed E-state index contributed by atoms with van der Waals surface area (Å²) >= 11 is 5.05. The van der Waals surface area contributed by atoms with E-state index in [0.717, 1.165) is 7.11 Å². The van der Waals surface area contributed by atoms with Gasteiger partial charge in [0.25, 0.3) is 0 Å². The first-order chi connectivity index (χ1) is 7.62. The van der Waals surface area contributed by atoms with Crippen LogP contribution in [-0.2, 0) is 19.6 Å². The molecule has 0 spiro atoms. The summed E-state index contributed by atoms with van der Waals surface area (Å²) < 4.78 is 63.1. The molecule has 0 saturated heterocycles. The fourth-order valence-corrected chi connectivity index (χ4v) is 2.17.